The number of benzene rings is 2. The molecule has 0 radical (unpaired) electrons. The zero-order valence-corrected chi connectivity index (χ0v) is 11.0. The predicted molar refractivity (Wildman–Crippen MR) is 76.0 cm³/mol. The molecule has 0 bridgehead atoms. The van der Waals surface area contributed by atoms with E-state index in [2.05, 4.69) is 5.16 Å². The Morgan fingerprint density at radius 2 is 1.63 bits per heavy atom. The van der Waals surface area contributed by atoms with Crippen LogP contribution in [-0.4, -0.2) is 10.4 Å². The molecule has 0 unspecified atom stereocenters. The van der Waals surface area contributed by atoms with Gasteiger partial charge in [0.25, 0.3) is 0 Å². The van der Waals surface area contributed by atoms with Crippen LogP contribution in [0.1, 0.15) is 11.1 Å². The molecule has 0 aliphatic carbocycles. The van der Waals surface area contributed by atoms with Crippen molar-refractivity contribution in [2.24, 2.45) is 5.16 Å². The first-order valence-corrected chi connectivity index (χ1v) is 6.28. The molecule has 0 heterocycles. The van der Waals surface area contributed by atoms with Crippen molar-refractivity contribution in [3.8, 4) is 5.75 Å². The molecule has 0 aliphatic heterocycles. The van der Waals surface area contributed by atoms with Gasteiger partial charge in [0.1, 0.15) is 17.5 Å². The Balaban J connectivity index is 1.92. The van der Waals surface area contributed by atoms with Crippen LogP contribution in [0.5, 0.6) is 5.75 Å². The zero-order chi connectivity index (χ0) is 13.5. The Morgan fingerprint density at radius 1 is 1.00 bits per heavy atom. The highest BCUT2D eigenvalue weighted by molar-refractivity contribution is 6.65. The van der Waals surface area contributed by atoms with Crippen molar-refractivity contribution in [3.63, 3.8) is 0 Å². The fraction of sp³-hybridized carbons (Fsp3) is 0.133. The SMILES string of the molecule is O/N=C(\Cl)Cc1ccc(COc2ccccc2)cc1. The van der Waals surface area contributed by atoms with Crippen LogP contribution >= 0.6 is 11.6 Å². The lowest BCUT2D eigenvalue weighted by Crippen LogP contribution is -1.97. The molecule has 1 N–H and O–H groups in total. The monoisotopic (exact) mass is 275 g/mol. The summed E-state index contributed by atoms with van der Waals surface area (Å²) in [6.45, 7) is 0.520. The maximum Gasteiger partial charge on any atom is 0.149 e. The molecule has 19 heavy (non-hydrogen) atoms. The summed E-state index contributed by atoms with van der Waals surface area (Å²) < 4.78 is 5.64. The van der Waals surface area contributed by atoms with Crippen LogP contribution in [0.2, 0.25) is 0 Å². The Bertz CT molecular complexity index is 538. The summed E-state index contributed by atoms with van der Waals surface area (Å²) >= 11 is 5.66. The van der Waals surface area contributed by atoms with Crippen molar-refractivity contribution >= 4 is 16.8 Å². The third-order valence-electron chi connectivity index (χ3n) is 2.63. The highest BCUT2D eigenvalue weighted by Crippen LogP contribution is 2.13. The first-order chi connectivity index (χ1) is 9.28. The van der Waals surface area contributed by atoms with Gasteiger partial charge in [0.05, 0.1) is 0 Å². The number of oxime groups is 1. The molecule has 0 atom stereocenters. The summed E-state index contributed by atoms with van der Waals surface area (Å²) in [6, 6.07) is 17.5. The van der Waals surface area contributed by atoms with Crippen LogP contribution < -0.4 is 4.74 Å². The number of hydrogen-bond donors (Lipinski definition) is 1. The molecule has 0 spiro atoms. The van der Waals surface area contributed by atoms with Gasteiger partial charge in [-0.05, 0) is 23.3 Å². The molecule has 4 heteroatoms. The first-order valence-electron chi connectivity index (χ1n) is 5.90. The average Bonchev–Trinajstić information content (AvgIpc) is 2.47. The molecule has 0 fully saturated rings. The average molecular weight is 276 g/mol. The van der Waals surface area contributed by atoms with Gasteiger partial charge in [-0.1, -0.05) is 59.2 Å². The third-order valence-corrected chi connectivity index (χ3v) is 2.84. The summed E-state index contributed by atoms with van der Waals surface area (Å²) in [7, 11) is 0. The molecule has 2 rings (SSSR count). The van der Waals surface area contributed by atoms with Gasteiger partial charge in [-0.15, -0.1) is 0 Å². The van der Waals surface area contributed by atoms with Crippen molar-refractivity contribution in [1.82, 2.24) is 0 Å². The molecule has 3 nitrogen and oxygen atoms in total. The number of para-hydroxylation sites is 1. The minimum atomic E-state index is 0.174. The Morgan fingerprint density at radius 3 is 2.26 bits per heavy atom. The van der Waals surface area contributed by atoms with Gasteiger partial charge in [0.15, 0.2) is 0 Å². The number of nitrogens with zero attached hydrogens (tertiary/aromatic N) is 1. The van der Waals surface area contributed by atoms with E-state index in [0.717, 1.165) is 16.9 Å². The van der Waals surface area contributed by atoms with Crippen LogP contribution in [0.4, 0.5) is 0 Å². The van der Waals surface area contributed by atoms with Crippen molar-refractivity contribution in [2.45, 2.75) is 13.0 Å². The van der Waals surface area contributed by atoms with E-state index in [1.807, 2.05) is 54.6 Å². The summed E-state index contributed by atoms with van der Waals surface area (Å²) in [6.07, 6.45) is 0.428. The molecule has 0 aromatic heterocycles. The normalized spacial score (nSPS) is 11.3. The molecule has 0 saturated carbocycles. The zero-order valence-electron chi connectivity index (χ0n) is 10.3. The van der Waals surface area contributed by atoms with Gasteiger partial charge in [0.2, 0.25) is 0 Å². The van der Waals surface area contributed by atoms with Crippen molar-refractivity contribution < 1.29 is 9.94 Å². The lowest BCUT2D eigenvalue weighted by molar-refractivity contribution is 0.306. The van der Waals surface area contributed by atoms with E-state index >= 15 is 0 Å². The Hall–Kier alpha value is -2.00. The molecular formula is C15H14ClNO2. The van der Waals surface area contributed by atoms with Gasteiger partial charge >= 0.3 is 0 Å². The number of halogens is 1. The van der Waals surface area contributed by atoms with Crippen LogP contribution in [0.15, 0.2) is 59.8 Å². The predicted octanol–water partition coefficient (Wildman–Crippen LogP) is 3.83. The van der Waals surface area contributed by atoms with E-state index in [-0.39, 0.29) is 5.17 Å². The second kappa shape index (κ2) is 6.81. The molecular weight excluding hydrogens is 262 g/mol. The fourth-order valence-corrected chi connectivity index (χ4v) is 1.79. The van der Waals surface area contributed by atoms with E-state index in [0.29, 0.717) is 13.0 Å². The number of hydrogen-bond acceptors (Lipinski definition) is 3. The van der Waals surface area contributed by atoms with E-state index in [9.17, 15) is 0 Å². The Labute approximate surface area is 117 Å². The van der Waals surface area contributed by atoms with Crippen molar-refractivity contribution in [2.75, 3.05) is 0 Å². The highest BCUT2D eigenvalue weighted by Gasteiger charge is 2.00. The van der Waals surface area contributed by atoms with E-state index in [1.54, 1.807) is 0 Å². The van der Waals surface area contributed by atoms with Crippen LogP contribution in [0.3, 0.4) is 0 Å². The molecule has 98 valence electrons. The van der Waals surface area contributed by atoms with Crippen molar-refractivity contribution in [1.29, 1.82) is 0 Å². The first kappa shape index (κ1) is 13.4. The minimum Gasteiger partial charge on any atom is -0.489 e. The standard InChI is InChI=1S/C15H14ClNO2/c16-15(17-18)10-12-6-8-13(9-7-12)11-19-14-4-2-1-3-5-14/h1-9,18H,10-11H2/b17-15-. The highest BCUT2D eigenvalue weighted by atomic mass is 35.5. The van der Waals surface area contributed by atoms with E-state index in [4.69, 9.17) is 21.5 Å². The van der Waals surface area contributed by atoms with Gasteiger partial charge in [-0.25, -0.2) is 0 Å². The van der Waals surface area contributed by atoms with Crippen LogP contribution in [0, 0.1) is 0 Å². The van der Waals surface area contributed by atoms with Gasteiger partial charge in [0, 0.05) is 6.42 Å². The maximum absolute atomic E-state index is 8.50. The second-order valence-electron chi connectivity index (χ2n) is 4.07. The lowest BCUT2D eigenvalue weighted by Gasteiger charge is -2.06. The molecule has 0 aliphatic rings. The van der Waals surface area contributed by atoms with E-state index < -0.39 is 0 Å². The molecule has 2 aromatic rings. The van der Waals surface area contributed by atoms with Crippen LogP contribution in [0.25, 0.3) is 0 Å². The number of rotatable bonds is 5. The molecule has 0 saturated heterocycles. The smallest absolute Gasteiger partial charge is 0.149 e. The van der Waals surface area contributed by atoms with E-state index in [1.165, 1.54) is 0 Å². The van der Waals surface area contributed by atoms with Gasteiger partial charge in [-0.2, -0.15) is 0 Å². The third kappa shape index (κ3) is 4.30. The van der Waals surface area contributed by atoms with Crippen molar-refractivity contribution in [3.05, 3.63) is 65.7 Å². The maximum atomic E-state index is 8.50. The number of ether oxygens (including phenoxy) is 1. The molecule has 0 amide bonds. The topological polar surface area (TPSA) is 41.8 Å². The summed E-state index contributed by atoms with van der Waals surface area (Å²) in [4.78, 5) is 0. The van der Waals surface area contributed by atoms with Gasteiger partial charge < -0.3 is 9.94 Å². The Kier molecular flexibility index (Phi) is 4.81. The largest absolute Gasteiger partial charge is 0.489 e. The summed E-state index contributed by atoms with van der Waals surface area (Å²) in [5.41, 5.74) is 2.07. The summed E-state index contributed by atoms with van der Waals surface area (Å²) in [5.74, 6) is 0.849. The van der Waals surface area contributed by atoms with Crippen LogP contribution in [-0.2, 0) is 13.0 Å². The fourth-order valence-electron chi connectivity index (χ4n) is 1.64. The minimum absolute atomic E-state index is 0.174. The second-order valence-corrected chi connectivity index (χ2v) is 4.51. The molecule has 2 aromatic carbocycles. The summed E-state index contributed by atoms with van der Waals surface area (Å²) in [5, 5.41) is 11.6. The van der Waals surface area contributed by atoms with Gasteiger partial charge in [-0.3, -0.25) is 0 Å². The quantitative estimate of drug-likeness (QED) is 0.512. The lowest BCUT2D eigenvalue weighted by atomic mass is 10.1.